The SMILES string of the molecule is CC(C(=O)Nc1cccc2ncccc12)N1CCCC1c1ccsc1. The molecule has 128 valence electrons. The monoisotopic (exact) mass is 351 g/mol. The molecular formula is C20H21N3OS. The van der Waals surface area contributed by atoms with Gasteiger partial charge in [0.1, 0.15) is 0 Å². The van der Waals surface area contributed by atoms with Crippen molar-refractivity contribution in [2.24, 2.45) is 0 Å². The second kappa shape index (κ2) is 6.94. The molecule has 0 radical (unpaired) electrons. The summed E-state index contributed by atoms with van der Waals surface area (Å²) < 4.78 is 0. The minimum Gasteiger partial charge on any atom is -0.324 e. The molecule has 1 amide bonds. The van der Waals surface area contributed by atoms with Gasteiger partial charge in [-0.25, -0.2) is 0 Å². The molecule has 0 bridgehead atoms. The molecule has 1 N–H and O–H groups in total. The van der Waals surface area contributed by atoms with Gasteiger partial charge >= 0.3 is 0 Å². The largest absolute Gasteiger partial charge is 0.324 e. The number of rotatable bonds is 4. The molecule has 1 aliphatic heterocycles. The highest BCUT2D eigenvalue weighted by molar-refractivity contribution is 7.07. The molecule has 0 aliphatic carbocycles. The van der Waals surface area contributed by atoms with E-state index in [4.69, 9.17) is 0 Å². The first-order valence-corrected chi connectivity index (χ1v) is 9.61. The summed E-state index contributed by atoms with van der Waals surface area (Å²) in [5.41, 5.74) is 3.05. The van der Waals surface area contributed by atoms with Gasteiger partial charge < -0.3 is 5.32 Å². The molecule has 4 rings (SSSR count). The highest BCUT2D eigenvalue weighted by Crippen LogP contribution is 2.35. The number of hydrogen-bond acceptors (Lipinski definition) is 4. The van der Waals surface area contributed by atoms with Crippen LogP contribution < -0.4 is 5.32 Å². The Bertz CT molecular complexity index is 872. The summed E-state index contributed by atoms with van der Waals surface area (Å²) >= 11 is 1.72. The van der Waals surface area contributed by atoms with E-state index in [1.54, 1.807) is 17.5 Å². The van der Waals surface area contributed by atoms with Crippen LogP contribution in [0.1, 0.15) is 31.4 Å². The molecule has 0 spiro atoms. The maximum Gasteiger partial charge on any atom is 0.241 e. The van der Waals surface area contributed by atoms with Crippen molar-refractivity contribution in [3.05, 3.63) is 58.9 Å². The lowest BCUT2D eigenvalue weighted by Crippen LogP contribution is -2.41. The zero-order valence-electron chi connectivity index (χ0n) is 14.2. The lowest BCUT2D eigenvalue weighted by molar-refractivity contribution is -0.121. The summed E-state index contributed by atoms with van der Waals surface area (Å²) in [4.78, 5) is 19.6. The van der Waals surface area contributed by atoms with Crippen molar-refractivity contribution in [3.8, 4) is 0 Å². The van der Waals surface area contributed by atoms with Gasteiger partial charge in [-0.15, -0.1) is 0 Å². The number of pyridine rings is 1. The van der Waals surface area contributed by atoms with Gasteiger partial charge in [-0.2, -0.15) is 11.3 Å². The first-order chi connectivity index (χ1) is 12.2. The molecule has 2 unspecified atom stereocenters. The average Bonchev–Trinajstić information content (AvgIpc) is 3.32. The second-order valence-corrected chi connectivity index (χ2v) is 7.27. The Morgan fingerprint density at radius 3 is 3.08 bits per heavy atom. The number of hydrogen-bond donors (Lipinski definition) is 1. The predicted octanol–water partition coefficient (Wildman–Crippen LogP) is 4.46. The summed E-state index contributed by atoms with van der Waals surface area (Å²) in [6.07, 6.45) is 4.02. The molecule has 4 nitrogen and oxygen atoms in total. The van der Waals surface area contributed by atoms with Crippen molar-refractivity contribution < 1.29 is 4.79 Å². The zero-order valence-corrected chi connectivity index (χ0v) is 15.0. The normalized spacial score (nSPS) is 19.2. The number of amides is 1. The van der Waals surface area contributed by atoms with Crippen LogP contribution in [0.25, 0.3) is 10.9 Å². The van der Waals surface area contributed by atoms with Crippen molar-refractivity contribution >= 4 is 33.8 Å². The van der Waals surface area contributed by atoms with Crippen LogP contribution in [0, 0.1) is 0 Å². The third-order valence-corrected chi connectivity index (χ3v) is 5.70. The summed E-state index contributed by atoms with van der Waals surface area (Å²) in [5, 5.41) is 8.39. The molecule has 3 aromatic rings. The van der Waals surface area contributed by atoms with E-state index in [1.807, 2.05) is 37.3 Å². The van der Waals surface area contributed by atoms with Gasteiger partial charge in [0.25, 0.3) is 0 Å². The third kappa shape index (κ3) is 3.17. The fourth-order valence-corrected chi connectivity index (χ4v) is 4.38. The molecule has 25 heavy (non-hydrogen) atoms. The highest BCUT2D eigenvalue weighted by Gasteiger charge is 2.33. The number of carbonyl (C=O) groups is 1. The fourth-order valence-electron chi connectivity index (χ4n) is 3.68. The number of carbonyl (C=O) groups excluding carboxylic acids is 1. The maximum absolute atomic E-state index is 12.9. The number of anilines is 1. The van der Waals surface area contributed by atoms with Gasteiger partial charge in [0.15, 0.2) is 0 Å². The van der Waals surface area contributed by atoms with Crippen LogP contribution in [0.15, 0.2) is 53.4 Å². The Labute approximate surface area is 151 Å². The zero-order chi connectivity index (χ0) is 17.2. The van der Waals surface area contributed by atoms with Gasteiger partial charge in [0.2, 0.25) is 5.91 Å². The first kappa shape index (κ1) is 16.2. The van der Waals surface area contributed by atoms with Crippen LogP contribution in [0.5, 0.6) is 0 Å². The number of thiophene rings is 1. The molecule has 5 heteroatoms. The molecule has 1 aromatic carbocycles. The number of nitrogens with one attached hydrogen (secondary N) is 1. The average molecular weight is 351 g/mol. The minimum atomic E-state index is -0.167. The Kier molecular flexibility index (Phi) is 4.51. The molecule has 2 aromatic heterocycles. The lowest BCUT2D eigenvalue weighted by atomic mass is 10.1. The Hall–Kier alpha value is -2.24. The van der Waals surface area contributed by atoms with E-state index in [-0.39, 0.29) is 11.9 Å². The topological polar surface area (TPSA) is 45.2 Å². The molecule has 3 heterocycles. The van der Waals surface area contributed by atoms with Crippen LogP contribution in [-0.2, 0) is 4.79 Å². The predicted molar refractivity (Wildman–Crippen MR) is 103 cm³/mol. The minimum absolute atomic E-state index is 0.0403. The van der Waals surface area contributed by atoms with Gasteiger partial charge in [-0.1, -0.05) is 6.07 Å². The van der Waals surface area contributed by atoms with E-state index in [1.165, 1.54) is 5.56 Å². The summed E-state index contributed by atoms with van der Waals surface area (Å²) in [6, 6.07) is 12.1. The van der Waals surface area contributed by atoms with Crippen molar-refractivity contribution in [3.63, 3.8) is 0 Å². The molecular weight excluding hydrogens is 330 g/mol. The van der Waals surface area contributed by atoms with Crippen molar-refractivity contribution in [2.75, 3.05) is 11.9 Å². The maximum atomic E-state index is 12.9. The van der Waals surface area contributed by atoms with Crippen LogP contribution in [0.2, 0.25) is 0 Å². The Balaban J connectivity index is 1.54. The third-order valence-electron chi connectivity index (χ3n) is 5.00. The van der Waals surface area contributed by atoms with E-state index < -0.39 is 0 Å². The number of aromatic nitrogens is 1. The Morgan fingerprint density at radius 2 is 2.24 bits per heavy atom. The van der Waals surface area contributed by atoms with Crippen molar-refractivity contribution in [2.45, 2.75) is 31.8 Å². The van der Waals surface area contributed by atoms with Gasteiger partial charge in [-0.3, -0.25) is 14.7 Å². The van der Waals surface area contributed by atoms with Gasteiger partial charge in [-0.05, 0) is 73.0 Å². The summed E-state index contributed by atoms with van der Waals surface area (Å²) in [7, 11) is 0. The van der Waals surface area contributed by atoms with Crippen LogP contribution in [0.3, 0.4) is 0 Å². The first-order valence-electron chi connectivity index (χ1n) is 8.66. The van der Waals surface area contributed by atoms with E-state index in [0.717, 1.165) is 36.0 Å². The molecule has 1 aliphatic rings. The molecule has 1 saturated heterocycles. The lowest BCUT2D eigenvalue weighted by Gasteiger charge is -2.29. The van der Waals surface area contributed by atoms with Crippen LogP contribution >= 0.6 is 11.3 Å². The van der Waals surface area contributed by atoms with E-state index in [0.29, 0.717) is 6.04 Å². The van der Waals surface area contributed by atoms with Crippen molar-refractivity contribution in [1.82, 2.24) is 9.88 Å². The number of nitrogens with zero attached hydrogens (tertiary/aromatic N) is 2. The number of fused-ring (bicyclic) bond motifs is 1. The number of benzene rings is 1. The molecule has 2 atom stereocenters. The van der Waals surface area contributed by atoms with Gasteiger partial charge in [0.05, 0.1) is 17.2 Å². The van der Waals surface area contributed by atoms with Crippen molar-refractivity contribution in [1.29, 1.82) is 0 Å². The highest BCUT2D eigenvalue weighted by atomic mass is 32.1. The standard InChI is InChI=1S/C20H21N3OS/c1-14(23-11-4-8-19(23)15-9-12-25-13-15)20(24)22-18-7-2-6-17-16(18)5-3-10-21-17/h2-3,5-7,9-10,12-14,19H,4,8,11H2,1H3,(H,22,24). The van der Waals surface area contributed by atoms with E-state index >= 15 is 0 Å². The second-order valence-electron chi connectivity index (χ2n) is 6.49. The number of likely N-dealkylation sites (tertiary alicyclic amines) is 1. The molecule has 0 saturated carbocycles. The van der Waals surface area contributed by atoms with Gasteiger partial charge in [0, 0.05) is 17.6 Å². The Morgan fingerprint density at radius 1 is 1.32 bits per heavy atom. The molecule has 1 fully saturated rings. The summed E-state index contributed by atoms with van der Waals surface area (Å²) in [5.74, 6) is 0.0403. The van der Waals surface area contributed by atoms with Crippen LogP contribution in [0.4, 0.5) is 5.69 Å². The smallest absolute Gasteiger partial charge is 0.241 e. The van der Waals surface area contributed by atoms with E-state index in [2.05, 4.69) is 32.0 Å². The van der Waals surface area contributed by atoms with E-state index in [9.17, 15) is 4.79 Å². The fraction of sp³-hybridized carbons (Fsp3) is 0.300. The van der Waals surface area contributed by atoms with Crippen LogP contribution in [-0.4, -0.2) is 28.4 Å². The summed E-state index contributed by atoms with van der Waals surface area (Å²) in [6.45, 7) is 2.97. The quantitative estimate of drug-likeness (QED) is 0.755.